The van der Waals surface area contributed by atoms with Gasteiger partial charge in [0.25, 0.3) is 0 Å². The smallest absolute Gasteiger partial charge is 0.413 e. The van der Waals surface area contributed by atoms with E-state index in [0.29, 0.717) is 22.3 Å². The molecule has 4 rings (SSSR count). The van der Waals surface area contributed by atoms with Gasteiger partial charge in [0, 0.05) is 30.7 Å². The van der Waals surface area contributed by atoms with Crippen LogP contribution in [0.25, 0.3) is 22.3 Å². The molecule has 2 aromatic carbocycles. The van der Waals surface area contributed by atoms with Crippen LogP contribution in [0.5, 0.6) is 5.75 Å². The Labute approximate surface area is 184 Å². The minimum absolute atomic E-state index is 0.449. The van der Waals surface area contributed by atoms with Crippen LogP contribution in [0.1, 0.15) is 18.6 Å². The number of fused-ring (bicyclic) bond motifs is 1. The summed E-state index contributed by atoms with van der Waals surface area (Å²) in [5.74, 6) is 1.09. The summed E-state index contributed by atoms with van der Waals surface area (Å²) in [6.07, 6.45) is 0.726. The second-order valence-corrected chi connectivity index (χ2v) is 7.60. The van der Waals surface area contributed by atoms with Crippen LogP contribution in [0.4, 0.5) is 10.6 Å². The van der Waals surface area contributed by atoms with Gasteiger partial charge in [-0.2, -0.15) is 5.10 Å². The Bertz CT molecular complexity index is 1260. The van der Waals surface area contributed by atoms with Crippen LogP contribution in [0.3, 0.4) is 0 Å². The normalized spacial score (nSPS) is 12.0. The zero-order chi connectivity index (χ0) is 22.1. The molecule has 0 bridgehead atoms. The highest BCUT2D eigenvalue weighted by Crippen LogP contribution is 2.33. The number of anilines is 1. The van der Waals surface area contributed by atoms with Gasteiger partial charge in [0.2, 0.25) is 0 Å². The molecule has 2 heterocycles. The maximum atomic E-state index is 12.5. The molecule has 0 aliphatic carbocycles. The minimum atomic E-state index is -0.578. The fourth-order valence-electron chi connectivity index (χ4n) is 3.36. The molecule has 160 valence electrons. The molecule has 2 aromatic heterocycles. The highest BCUT2D eigenvalue weighted by molar-refractivity contribution is 6.30. The monoisotopic (exact) mass is 439 g/mol. The number of carbonyl (C=O) groups is 1. The Hall–Kier alpha value is -3.52. The van der Waals surface area contributed by atoms with Crippen molar-refractivity contribution in [2.24, 2.45) is 14.1 Å². The van der Waals surface area contributed by atoms with Crippen molar-refractivity contribution in [3.63, 3.8) is 0 Å². The average Bonchev–Trinajstić information content (AvgIpc) is 3.29. The molecule has 1 N–H and O–H groups in total. The molecule has 0 saturated carbocycles. The van der Waals surface area contributed by atoms with Gasteiger partial charge in [0.1, 0.15) is 17.7 Å². The number of nitrogens with one attached hydrogen (secondary N) is 1. The number of benzene rings is 2. The molecule has 31 heavy (non-hydrogen) atoms. The Balaban J connectivity index is 1.48. The van der Waals surface area contributed by atoms with E-state index in [0.717, 1.165) is 22.2 Å². The second kappa shape index (κ2) is 8.31. The van der Waals surface area contributed by atoms with E-state index in [4.69, 9.17) is 21.1 Å². The van der Waals surface area contributed by atoms with Crippen molar-refractivity contribution in [3.8, 4) is 17.0 Å². The van der Waals surface area contributed by atoms with E-state index in [-0.39, 0.29) is 0 Å². The molecule has 0 saturated heterocycles. The summed E-state index contributed by atoms with van der Waals surface area (Å²) < 4.78 is 14.5. The van der Waals surface area contributed by atoms with E-state index in [1.54, 1.807) is 43.4 Å². The zero-order valence-corrected chi connectivity index (χ0v) is 18.3. The number of nitrogens with zero attached hydrogens (tertiary/aromatic N) is 4. The van der Waals surface area contributed by atoms with Gasteiger partial charge in [-0.15, -0.1) is 0 Å². The molecule has 0 radical (unpaired) electrons. The van der Waals surface area contributed by atoms with Gasteiger partial charge in [-0.1, -0.05) is 17.7 Å². The first-order valence-electron chi connectivity index (χ1n) is 9.62. The summed E-state index contributed by atoms with van der Waals surface area (Å²) in [6, 6.07) is 12.9. The number of imidazole rings is 1. The highest BCUT2D eigenvalue weighted by Gasteiger charge is 2.17. The molecule has 0 fully saturated rings. The van der Waals surface area contributed by atoms with E-state index in [1.807, 2.05) is 42.8 Å². The van der Waals surface area contributed by atoms with Crippen LogP contribution >= 0.6 is 11.6 Å². The lowest BCUT2D eigenvalue weighted by atomic mass is 10.1. The van der Waals surface area contributed by atoms with Crippen LogP contribution in [0, 0.1) is 0 Å². The Morgan fingerprint density at radius 1 is 1.16 bits per heavy atom. The number of aromatic nitrogens is 4. The van der Waals surface area contributed by atoms with Crippen molar-refractivity contribution in [2.75, 3.05) is 12.4 Å². The van der Waals surface area contributed by atoms with Gasteiger partial charge in [0.05, 0.1) is 30.2 Å². The van der Waals surface area contributed by atoms with Crippen molar-refractivity contribution in [2.45, 2.75) is 13.0 Å². The maximum absolute atomic E-state index is 12.5. The average molecular weight is 440 g/mol. The molecule has 9 heteroatoms. The van der Waals surface area contributed by atoms with Crippen LogP contribution in [-0.4, -0.2) is 32.5 Å². The van der Waals surface area contributed by atoms with Crippen LogP contribution in [0.2, 0.25) is 5.02 Å². The Morgan fingerprint density at radius 2 is 1.97 bits per heavy atom. The SMILES string of the molecule is COc1cc(Cl)ccc1-c1cc(NC(=O)OC(C)c2ccc3c(c2)ncn3C)n(C)n1. The van der Waals surface area contributed by atoms with Crippen molar-refractivity contribution in [3.05, 3.63) is 59.4 Å². The van der Waals surface area contributed by atoms with E-state index in [2.05, 4.69) is 15.4 Å². The van der Waals surface area contributed by atoms with Crippen LogP contribution in [0.15, 0.2) is 48.8 Å². The third-order valence-corrected chi connectivity index (χ3v) is 5.29. The van der Waals surface area contributed by atoms with Crippen LogP contribution in [-0.2, 0) is 18.8 Å². The third kappa shape index (κ3) is 4.20. The van der Waals surface area contributed by atoms with Gasteiger partial charge < -0.3 is 14.0 Å². The molecular weight excluding hydrogens is 418 g/mol. The van der Waals surface area contributed by atoms with Crippen molar-refractivity contribution >= 4 is 34.5 Å². The largest absolute Gasteiger partial charge is 0.496 e. The number of methoxy groups -OCH3 is 1. The number of hydrogen-bond donors (Lipinski definition) is 1. The van der Waals surface area contributed by atoms with Gasteiger partial charge in [-0.25, -0.2) is 9.78 Å². The molecule has 8 nitrogen and oxygen atoms in total. The predicted octanol–water partition coefficient (Wildman–Crippen LogP) is 4.95. The number of hydrogen-bond acceptors (Lipinski definition) is 5. The predicted molar refractivity (Wildman–Crippen MR) is 119 cm³/mol. The highest BCUT2D eigenvalue weighted by atomic mass is 35.5. The Morgan fingerprint density at radius 3 is 2.74 bits per heavy atom. The molecule has 4 aromatic rings. The summed E-state index contributed by atoms with van der Waals surface area (Å²) in [6.45, 7) is 1.82. The van der Waals surface area contributed by atoms with E-state index >= 15 is 0 Å². The summed E-state index contributed by atoms with van der Waals surface area (Å²) >= 11 is 6.04. The lowest BCUT2D eigenvalue weighted by Gasteiger charge is -2.14. The molecule has 1 amide bonds. The van der Waals surface area contributed by atoms with Crippen LogP contribution < -0.4 is 10.1 Å². The number of halogens is 1. The lowest BCUT2D eigenvalue weighted by Crippen LogP contribution is -2.17. The van der Waals surface area contributed by atoms with E-state index in [1.165, 1.54) is 0 Å². The topological polar surface area (TPSA) is 83.2 Å². The number of aryl methyl sites for hydroxylation is 2. The summed E-state index contributed by atoms with van der Waals surface area (Å²) in [5.41, 5.74) is 4.13. The van der Waals surface area contributed by atoms with E-state index in [9.17, 15) is 4.79 Å². The van der Waals surface area contributed by atoms with Gasteiger partial charge >= 0.3 is 6.09 Å². The van der Waals surface area contributed by atoms with E-state index < -0.39 is 12.2 Å². The number of rotatable bonds is 5. The first kappa shape index (κ1) is 20.7. The number of ether oxygens (including phenoxy) is 2. The minimum Gasteiger partial charge on any atom is -0.496 e. The second-order valence-electron chi connectivity index (χ2n) is 7.16. The molecule has 1 unspecified atom stereocenters. The van der Waals surface area contributed by atoms with Crippen molar-refractivity contribution in [1.82, 2.24) is 19.3 Å². The van der Waals surface area contributed by atoms with Crippen molar-refractivity contribution in [1.29, 1.82) is 0 Å². The van der Waals surface area contributed by atoms with Gasteiger partial charge in [0.15, 0.2) is 0 Å². The fourth-order valence-corrected chi connectivity index (χ4v) is 3.52. The number of carbonyl (C=O) groups excluding carboxylic acids is 1. The maximum Gasteiger partial charge on any atom is 0.413 e. The molecular formula is C22H22ClN5O3. The summed E-state index contributed by atoms with van der Waals surface area (Å²) in [5, 5.41) is 7.77. The molecule has 0 aliphatic heterocycles. The Kier molecular flexibility index (Phi) is 5.56. The first-order valence-corrected chi connectivity index (χ1v) is 10.00. The fraction of sp³-hybridized carbons (Fsp3) is 0.227. The standard InChI is InChI=1S/C22H22ClN5O3/c1-13(14-5-8-19-18(9-14)24-12-27(19)2)31-22(29)25-21-11-17(26-28(21)3)16-7-6-15(23)10-20(16)30-4/h5-13H,1-4H3,(H,25,29). The third-order valence-electron chi connectivity index (χ3n) is 5.05. The molecule has 0 spiro atoms. The molecule has 1 atom stereocenters. The van der Waals surface area contributed by atoms with Crippen molar-refractivity contribution < 1.29 is 14.3 Å². The summed E-state index contributed by atoms with van der Waals surface area (Å²) in [4.78, 5) is 16.8. The molecule has 0 aliphatic rings. The quantitative estimate of drug-likeness (QED) is 0.476. The van der Waals surface area contributed by atoms with Gasteiger partial charge in [-0.3, -0.25) is 10.00 Å². The lowest BCUT2D eigenvalue weighted by molar-refractivity contribution is 0.121. The number of amides is 1. The zero-order valence-electron chi connectivity index (χ0n) is 17.6. The summed E-state index contributed by atoms with van der Waals surface area (Å²) in [7, 11) is 5.24. The van der Waals surface area contributed by atoms with Gasteiger partial charge in [-0.05, 0) is 42.8 Å². The first-order chi connectivity index (χ1) is 14.9.